The number of nitriles is 1. The Labute approximate surface area is 165 Å². The van der Waals surface area contributed by atoms with Crippen molar-refractivity contribution in [3.8, 4) is 11.8 Å². The van der Waals surface area contributed by atoms with E-state index in [0.29, 0.717) is 0 Å². The molecule has 29 heavy (non-hydrogen) atoms. The molecule has 1 amide bonds. The Morgan fingerprint density at radius 1 is 1.31 bits per heavy atom. The number of amides is 1. The van der Waals surface area contributed by atoms with Gasteiger partial charge in [0.2, 0.25) is 0 Å². The number of anilines is 2. The minimum Gasteiger partial charge on any atom is -0.494 e. The van der Waals surface area contributed by atoms with E-state index in [-0.39, 0.29) is 33.3 Å². The molecular weight excluding hydrogens is 404 g/mol. The van der Waals surface area contributed by atoms with Crippen LogP contribution in [0.5, 0.6) is 5.75 Å². The van der Waals surface area contributed by atoms with Crippen LogP contribution in [0.25, 0.3) is 0 Å². The summed E-state index contributed by atoms with van der Waals surface area (Å²) in [6.07, 6.45) is 1.04. The second kappa shape index (κ2) is 8.83. The predicted octanol–water partition coefficient (Wildman–Crippen LogP) is 2.31. The van der Waals surface area contributed by atoms with Crippen molar-refractivity contribution >= 4 is 33.1 Å². The van der Waals surface area contributed by atoms with E-state index in [2.05, 4.69) is 10.6 Å². The van der Waals surface area contributed by atoms with Gasteiger partial charge in [0.25, 0.3) is 21.7 Å². The van der Waals surface area contributed by atoms with E-state index >= 15 is 0 Å². The summed E-state index contributed by atoms with van der Waals surface area (Å²) in [5.41, 5.74) is -0.301. The van der Waals surface area contributed by atoms with Gasteiger partial charge in [-0.1, -0.05) is 6.07 Å². The lowest BCUT2D eigenvalue weighted by atomic mass is 10.2. The van der Waals surface area contributed by atoms with Crippen molar-refractivity contribution in [1.82, 2.24) is 0 Å². The molecule has 2 aromatic rings. The molecule has 3 N–H and O–H groups in total. The van der Waals surface area contributed by atoms with Crippen molar-refractivity contribution < 1.29 is 27.4 Å². The third kappa shape index (κ3) is 5.51. The Morgan fingerprint density at radius 2 is 2.03 bits per heavy atom. The van der Waals surface area contributed by atoms with E-state index in [1.54, 1.807) is 6.07 Å². The third-order valence-corrected chi connectivity index (χ3v) is 4.37. The Hall–Kier alpha value is -3.95. The number of benzene rings is 2. The van der Waals surface area contributed by atoms with Crippen LogP contribution in [-0.4, -0.2) is 30.9 Å². The van der Waals surface area contributed by atoms with Gasteiger partial charge in [-0.2, -0.15) is 13.7 Å². The summed E-state index contributed by atoms with van der Waals surface area (Å²) in [5, 5.41) is 25.0. The number of carbonyl (C=O) groups excluding carboxylic acids is 1. The fraction of sp³-hybridized carbons (Fsp3) is 0.0588. The van der Waals surface area contributed by atoms with Gasteiger partial charge in [0.05, 0.1) is 28.7 Å². The SMILES string of the molecule is COc1cc([N+](=O)[O-])ccc1NC(=O)/C(C#N)=C\Nc1cccc(S(=O)(=O)O)c1. The molecule has 0 aromatic heterocycles. The molecule has 0 heterocycles. The molecule has 0 unspecified atom stereocenters. The number of rotatable bonds is 7. The first-order chi connectivity index (χ1) is 13.7. The predicted molar refractivity (Wildman–Crippen MR) is 102 cm³/mol. The highest BCUT2D eigenvalue weighted by Crippen LogP contribution is 2.29. The number of ether oxygens (including phenoxy) is 1. The lowest BCUT2D eigenvalue weighted by Gasteiger charge is -2.10. The Kier molecular flexibility index (Phi) is 6.50. The fourth-order valence-corrected chi connectivity index (χ4v) is 2.66. The number of nitrogens with zero attached hydrogens (tertiary/aromatic N) is 2. The minimum atomic E-state index is -4.41. The van der Waals surface area contributed by atoms with Gasteiger partial charge in [0.1, 0.15) is 17.4 Å². The zero-order valence-electron chi connectivity index (χ0n) is 14.8. The third-order valence-electron chi connectivity index (χ3n) is 3.52. The molecule has 0 aliphatic rings. The average molecular weight is 418 g/mol. The largest absolute Gasteiger partial charge is 0.494 e. The van der Waals surface area contributed by atoms with Crippen LogP contribution in [0, 0.1) is 21.4 Å². The first kappa shape index (κ1) is 21.4. The van der Waals surface area contributed by atoms with E-state index in [9.17, 15) is 28.6 Å². The smallest absolute Gasteiger partial charge is 0.294 e. The zero-order valence-corrected chi connectivity index (χ0v) is 15.6. The Morgan fingerprint density at radius 3 is 2.62 bits per heavy atom. The lowest BCUT2D eigenvalue weighted by Crippen LogP contribution is -2.15. The quantitative estimate of drug-likeness (QED) is 0.200. The zero-order chi connectivity index (χ0) is 21.6. The molecule has 150 valence electrons. The maximum atomic E-state index is 12.3. The molecule has 0 bridgehead atoms. The standard InChI is InChI=1S/C17H14N4O7S/c1-28-16-8-13(21(23)24)5-6-15(16)20-17(22)11(9-18)10-19-12-3-2-4-14(7-12)29(25,26)27/h2-8,10,19H,1H3,(H,20,22)(H,25,26,27)/b11-10-. The maximum absolute atomic E-state index is 12.3. The van der Waals surface area contributed by atoms with Crippen LogP contribution in [0.4, 0.5) is 17.1 Å². The van der Waals surface area contributed by atoms with Crippen LogP contribution >= 0.6 is 0 Å². The normalized spacial score (nSPS) is 11.3. The molecular formula is C17H14N4O7S. The number of non-ortho nitro benzene ring substituents is 1. The van der Waals surface area contributed by atoms with Crippen molar-refractivity contribution in [3.05, 3.63) is 64.4 Å². The fourth-order valence-electron chi connectivity index (χ4n) is 2.14. The molecule has 2 aromatic carbocycles. The van der Waals surface area contributed by atoms with Gasteiger partial charge in [-0.3, -0.25) is 19.5 Å². The van der Waals surface area contributed by atoms with Gasteiger partial charge in [0.15, 0.2) is 0 Å². The number of hydrogen-bond acceptors (Lipinski definition) is 8. The molecule has 0 aliphatic heterocycles. The number of nitro benzene ring substituents is 1. The Bertz CT molecular complexity index is 1140. The molecule has 0 saturated heterocycles. The first-order valence-corrected chi connectivity index (χ1v) is 9.18. The minimum absolute atomic E-state index is 0.0265. The number of carbonyl (C=O) groups is 1. The monoisotopic (exact) mass is 418 g/mol. The van der Waals surface area contributed by atoms with Crippen LogP contribution in [0.15, 0.2) is 59.1 Å². The van der Waals surface area contributed by atoms with E-state index in [1.807, 2.05) is 0 Å². The second-order valence-electron chi connectivity index (χ2n) is 5.41. The van der Waals surface area contributed by atoms with Crippen molar-refractivity contribution in [1.29, 1.82) is 5.26 Å². The highest BCUT2D eigenvalue weighted by atomic mass is 32.2. The topological polar surface area (TPSA) is 172 Å². The van der Waals surface area contributed by atoms with Crippen molar-refractivity contribution in [3.63, 3.8) is 0 Å². The van der Waals surface area contributed by atoms with Gasteiger partial charge >= 0.3 is 0 Å². The van der Waals surface area contributed by atoms with Gasteiger partial charge < -0.3 is 15.4 Å². The van der Waals surface area contributed by atoms with E-state index in [0.717, 1.165) is 24.4 Å². The van der Waals surface area contributed by atoms with Crippen LogP contribution in [-0.2, 0) is 14.9 Å². The second-order valence-corrected chi connectivity index (χ2v) is 6.83. The van der Waals surface area contributed by atoms with Gasteiger partial charge in [-0.25, -0.2) is 0 Å². The number of nitrogens with one attached hydrogen (secondary N) is 2. The van der Waals surface area contributed by atoms with Crippen molar-refractivity contribution in [2.75, 3.05) is 17.7 Å². The highest BCUT2D eigenvalue weighted by molar-refractivity contribution is 7.85. The molecule has 0 atom stereocenters. The maximum Gasteiger partial charge on any atom is 0.294 e. The number of hydrogen-bond donors (Lipinski definition) is 3. The van der Waals surface area contributed by atoms with E-state index in [1.165, 1.54) is 31.4 Å². The lowest BCUT2D eigenvalue weighted by molar-refractivity contribution is -0.384. The van der Waals surface area contributed by atoms with Crippen molar-refractivity contribution in [2.24, 2.45) is 0 Å². The summed E-state index contributed by atoms with van der Waals surface area (Å²) in [5.74, 6) is -0.809. The van der Waals surface area contributed by atoms with E-state index in [4.69, 9.17) is 9.29 Å². The summed E-state index contributed by atoms with van der Waals surface area (Å²) in [7, 11) is -3.15. The summed E-state index contributed by atoms with van der Waals surface area (Å²) in [6, 6.07) is 10.3. The van der Waals surface area contributed by atoms with E-state index < -0.39 is 20.9 Å². The average Bonchev–Trinajstić information content (AvgIpc) is 2.68. The van der Waals surface area contributed by atoms with Gasteiger partial charge in [0, 0.05) is 18.0 Å². The summed E-state index contributed by atoms with van der Waals surface area (Å²) in [4.78, 5) is 22.1. The molecule has 0 spiro atoms. The van der Waals surface area contributed by atoms with Crippen LogP contribution in [0.2, 0.25) is 0 Å². The molecule has 0 aliphatic carbocycles. The summed E-state index contributed by atoms with van der Waals surface area (Å²) >= 11 is 0. The molecule has 0 saturated carbocycles. The molecule has 12 heteroatoms. The number of methoxy groups -OCH3 is 1. The van der Waals surface area contributed by atoms with Crippen LogP contribution in [0.1, 0.15) is 0 Å². The molecule has 11 nitrogen and oxygen atoms in total. The molecule has 0 fully saturated rings. The van der Waals surface area contributed by atoms with Crippen molar-refractivity contribution in [2.45, 2.75) is 4.90 Å². The molecule has 2 rings (SSSR count). The summed E-state index contributed by atoms with van der Waals surface area (Å²) < 4.78 is 36.4. The van der Waals surface area contributed by atoms with Crippen LogP contribution < -0.4 is 15.4 Å². The molecule has 0 radical (unpaired) electrons. The number of nitro groups is 1. The van der Waals surface area contributed by atoms with Gasteiger partial charge in [-0.05, 0) is 24.3 Å². The summed E-state index contributed by atoms with van der Waals surface area (Å²) in [6.45, 7) is 0. The van der Waals surface area contributed by atoms with Crippen LogP contribution in [0.3, 0.4) is 0 Å². The van der Waals surface area contributed by atoms with Gasteiger partial charge in [-0.15, -0.1) is 0 Å². The Balaban J connectivity index is 2.21. The first-order valence-electron chi connectivity index (χ1n) is 7.74. The highest BCUT2D eigenvalue weighted by Gasteiger charge is 2.16.